The van der Waals surface area contributed by atoms with Gasteiger partial charge in [0.05, 0.1) is 0 Å². The molecule has 0 rings (SSSR count). The van der Waals surface area contributed by atoms with Gasteiger partial charge in [0.2, 0.25) is 0 Å². The van der Waals surface area contributed by atoms with E-state index in [2.05, 4.69) is 13.8 Å². The van der Waals surface area contributed by atoms with Crippen molar-refractivity contribution in [2.24, 2.45) is 0 Å². The van der Waals surface area contributed by atoms with E-state index in [9.17, 15) is 9.59 Å². The molecule has 1 atom stereocenters. The Morgan fingerprint density at radius 2 is 1.67 bits per heavy atom. The topological polar surface area (TPSA) is 63.6 Å². The number of carboxylic acids is 1. The first-order valence-electron chi connectivity index (χ1n) is 6.71. The summed E-state index contributed by atoms with van der Waals surface area (Å²) in [6.45, 7) is 4.22. The molecule has 0 aliphatic carbocycles. The third kappa shape index (κ3) is 9.87. The SMILES string of the molecule is CCCCCC(CCCC)OC(=O)/C=C/C(=O)O. The van der Waals surface area contributed by atoms with Crippen LogP contribution in [0.1, 0.15) is 58.8 Å². The maximum Gasteiger partial charge on any atom is 0.331 e. The van der Waals surface area contributed by atoms with Crippen LogP contribution < -0.4 is 0 Å². The van der Waals surface area contributed by atoms with Gasteiger partial charge in [0.15, 0.2) is 0 Å². The van der Waals surface area contributed by atoms with Crippen LogP contribution in [0.3, 0.4) is 0 Å². The number of hydrogen-bond donors (Lipinski definition) is 1. The fraction of sp³-hybridized carbons (Fsp3) is 0.714. The van der Waals surface area contributed by atoms with Crippen molar-refractivity contribution >= 4 is 11.9 Å². The van der Waals surface area contributed by atoms with E-state index in [1.165, 1.54) is 0 Å². The molecule has 0 heterocycles. The molecule has 18 heavy (non-hydrogen) atoms. The molecule has 0 saturated heterocycles. The zero-order valence-corrected chi connectivity index (χ0v) is 11.4. The lowest BCUT2D eigenvalue weighted by molar-refractivity contribution is -0.144. The second-order valence-electron chi connectivity index (χ2n) is 4.37. The number of esters is 1. The highest BCUT2D eigenvalue weighted by atomic mass is 16.5. The molecule has 0 saturated carbocycles. The maximum absolute atomic E-state index is 11.4. The lowest BCUT2D eigenvalue weighted by atomic mass is 10.1. The number of carboxylic acid groups (broad SMARTS) is 1. The molecule has 0 aromatic rings. The molecule has 0 aliphatic rings. The molecule has 4 nitrogen and oxygen atoms in total. The molecular formula is C14H24O4. The van der Waals surface area contributed by atoms with Crippen molar-refractivity contribution in [3.63, 3.8) is 0 Å². The van der Waals surface area contributed by atoms with Gasteiger partial charge >= 0.3 is 11.9 Å². The molecule has 0 aromatic heterocycles. The summed E-state index contributed by atoms with van der Waals surface area (Å²) in [5.41, 5.74) is 0. The van der Waals surface area contributed by atoms with Crippen molar-refractivity contribution in [3.8, 4) is 0 Å². The summed E-state index contributed by atoms with van der Waals surface area (Å²) in [7, 11) is 0. The molecule has 0 bridgehead atoms. The highest BCUT2D eigenvalue weighted by Gasteiger charge is 2.12. The summed E-state index contributed by atoms with van der Waals surface area (Å²) < 4.78 is 5.26. The third-order valence-electron chi connectivity index (χ3n) is 2.65. The number of hydrogen-bond acceptors (Lipinski definition) is 3. The van der Waals surface area contributed by atoms with Gasteiger partial charge in [0.1, 0.15) is 6.10 Å². The fourth-order valence-corrected chi connectivity index (χ4v) is 1.66. The Kier molecular flexibility index (Phi) is 10.0. The van der Waals surface area contributed by atoms with Crippen LogP contribution in [0.25, 0.3) is 0 Å². The van der Waals surface area contributed by atoms with Crippen LogP contribution in [0, 0.1) is 0 Å². The molecule has 0 radical (unpaired) electrons. The summed E-state index contributed by atoms with van der Waals surface area (Å²) >= 11 is 0. The minimum absolute atomic E-state index is 0.0811. The van der Waals surface area contributed by atoms with Crippen LogP contribution >= 0.6 is 0 Å². The van der Waals surface area contributed by atoms with Crippen molar-refractivity contribution in [2.45, 2.75) is 64.9 Å². The van der Waals surface area contributed by atoms with Crippen LogP contribution in [0.2, 0.25) is 0 Å². The van der Waals surface area contributed by atoms with Crippen LogP contribution in [0.5, 0.6) is 0 Å². The smallest absolute Gasteiger partial charge is 0.331 e. The maximum atomic E-state index is 11.4. The van der Waals surface area contributed by atoms with Gasteiger partial charge in [-0.25, -0.2) is 9.59 Å². The molecule has 104 valence electrons. The van der Waals surface area contributed by atoms with E-state index in [1.54, 1.807) is 0 Å². The standard InChI is InChI=1S/C14H24O4/c1-3-5-7-9-12(8-6-4-2)18-14(17)11-10-13(15)16/h10-12H,3-9H2,1-2H3,(H,15,16)/b11-10+. The van der Waals surface area contributed by atoms with Crippen molar-refractivity contribution < 1.29 is 19.4 Å². The van der Waals surface area contributed by atoms with Gasteiger partial charge in [-0.15, -0.1) is 0 Å². The Morgan fingerprint density at radius 3 is 2.22 bits per heavy atom. The van der Waals surface area contributed by atoms with Gasteiger partial charge in [-0.2, -0.15) is 0 Å². The number of carbonyl (C=O) groups excluding carboxylic acids is 1. The molecule has 0 spiro atoms. The highest BCUT2D eigenvalue weighted by Crippen LogP contribution is 2.13. The van der Waals surface area contributed by atoms with Crippen LogP contribution in [0.15, 0.2) is 12.2 Å². The van der Waals surface area contributed by atoms with Crippen molar-refractivity contribution in [3.05, 3.63) is 12.2 Å². The first kappa shape index (κ1) is 16.7. The Morgan fingerprint density at radius 1 is 1.06 bits per heavy atom. The van der Waals surface area contributed by atoms with Gasteiger partial charge in [0.25, 0.3) is 0 Å². The van der Waals surface area contributed by atoms with Crippen LogP contribution in [-0.2, 0) is 14.3 Å². The van der Waals surface area contributed by atoms with E-state index in [-0.39, 0.29) is 6.10 Å². The lowest BCUT2D eigenvalue weighted by Crippen LogP contribution is -2.17. The van der Waals surface area contributed by atoms with Crippen molar-refractivity contribution in [2.75, 3.05) is 0 Å². The predicted molar refractivity (Wildman–Crippen MR) is 70.3 cm³/mol. The third-order valence-corrected chi connectivity index (χ3v) is 2.65. The second-order valence-corrected chi connectivity index (χ2v) is 4.37. The Labute approximate surface area is 109 Å². The van der Waals surface area contributed by atoms with E-state index in [1.807, 2.05) is 0 Å². The summed E-state index contributed by atoms with van der Waals surface area (Å²) in [6, 6.07) is 0. The summed E-state index contributed by atoms with van der Waals surface area (Å²) in [6.07, 6.45) is 8.81. The molecule has 0 amide bonds. The summed E-state index contributed by atoms with van der Waals surface area (Å²) in [4.78, 5) is 21.7. The lowest BCUT2D eigenvalue weighted by Gasteiger charge is -2.16. The average Bonchev–Trinajstić information content (AvgIpc) is 2.33. The first-order valence-corrected chi connectivity index (χ1v) is 6.71. The zero-order chi connectivity index (χ0) is 13.8. The predicted octanol–water partition coefficient (Wildman–Crippen LogP) is 3.31. The molecular weight excluding hydrogens is 232 g/mol. The number of unbranched alkanes of at least 4 members (excludes halogenated alkanes) is 3. The molecule has 1 N–H and O–H groups in total. The molecule has 4 heteroatoms. The van der Waals surface area contributed by atoms with Crippen molar-refractivity contribution in [1.82, 2.24) is 0 Å². The number of rotatable bonds is 10. The van der Waals surface area contributed by atoms with Crippen LogP contribution in [-0.4, -0.2) is 23.1 Å². The largest absolute Gasteiger partial charge is 0.478 e. The van der Waals surface area contributed by atoms with Crippen molar-refractivity contribution in [1.29, 1.82) is 0 Å². The van der Waals surface area contributed by atoms with E-state index in [0.717, 1.165) is 57.1 Å². The average molecular weight is 256 g/mol. The fourth-order valence-electron chi connectivity index (χ4n) is 1.66. The first-order chi connectivity index (χ1) is 8.60. The van der Waals surface area contributed by atoms with Gasteiger partial charge in [-0.05, 0) is 19.3 Å². The van der Waals surface area contributed by atoms with Gasteiger partial charge in [0, 0.05) is 12.2 Å². The zero-order valence-electron chi connectivity index (χ0n) is 11.4. The molecule has 0 fully saturated rings. The number of carbonyl (C=O) groups is 2. The number of aliphatic carboxylic acids is 1. The van der Waals surface area contributed by atoms with Crippen LogP contribution in [0.4, 0.5) is 0 Å². The Bertz CT molecular complexity index is 271. The number of ether oxygens (including phenoxy) is 1. The molecule has 1 unspecified atom stereocenters. The molecule has 0 aliphatic heterocycles. The minimum atomic E-state index is -1.14. The molecule has 0 aromatic carbocycles. The van der Waals surface area contributed by atoms with E-state index >= 15 is 0 Å². The minimum Gasteiger partial charge on any atom is -0.478 e. The normalized spacial score (nSPS) is 12.6. The highest BCUT2D eigenvalue weighted by molar-refractivity contribution is 5.90. The van der Waals surface area contributed by atoms with E-state index in [0.29, 0.717) is 0 Å². The summed E-state index contributed by atoms with van der Waals surface area (Å²) in [5, 5.41) is 8.42. The Hall–Kier alpha value is -1.32. The second kappa shape index (κ2) is 10.8. The summed E-state index contributed by atoms with van der Waals surface area (Å²) in [5.74, 6) is -1.70. The van der Waals surface area contributed by atoms with Gasteiger partial charge < -0.3 is 9.84 Å². The monoisotopic (exact) mass is 256 g/mol. The van der Waals surface area contributed by atoms with E-state index < -0.39 is 11.9 Å². The van der Waals surface area contributed by atoms with Gasteiger partial charge in [-0.1, -0.05) is 39.5 Å². The Balaban J connectivity index is 4.11. The quantitative estimate of drug-likeness (QED) is 0.370. The van der Waals surface area contributed by atoms with Gasteiger partial charge in [-0.3, -0.25) is 0 Å². The van der Waals surface area contributed by atoms with E-state index in [4.69, 9.17) is 9.84 Å².